The Labute approximate surface area is 106 Å². The molecule has 92 valence electrons. The van der Waals surface area contributed by atoms with Crippen LogP contribution in [0.2, 0.25) is 5.02 Å². The summed E-state index contributed by atoms with van der Waals surface area (Å²) < 4.78 is 10.4. The molecule has 0 aliphatic rings. The van der Waals surface area contributed by atoms with Crippen LogP contribution in [0.5, 0.6) is 5.75 Å². The topological polar surface area (TPSA) is 35.5 Å². The van der Waals surface area contributed by atoms with E-state index in [2.05, 4.69) is 0 Å². The standard InChI is InChI=1S/C13H15ClO3/c1-3-4-8-16-13(15)10(2)17-12-7-5-6-11(14)9-12/h3-7,9-10H,8H2,1-2H3. The van der Waals surface area contributed by atoms with Gasteiger partial charge in [-0.2, -0.15) is 0 Å². The molecule has 17 heavy (non-hydrogen) atoms. The SMILES string of the molecule is CC=CCOC(=O)C(C)Oc1cccc(Cl)c1. The number of rotatable bonds is 5. The molecule has 0 radical (unpaired) electrons. The van der Waals surface area contributed by atoms with E-state index in [0.29, 0.717) is 10.8 Å². The highest BCUT2D eigenvalue weighted by atomic mass is 35.5. The minimum Gasteiger partial charge on any atom is -0.479 e. The average Bonchev–Trinajstić information content (AvgIpc) is 2.29. The number of esters is 1. The van der Waals surface area contributed by atoms with E-state index in [9.17, 15) is 4.79 Å². The van der Waals surface area contributed by atoms with Gasteiger partial charge in [-0.05, 0) is 32.0 Å². The van der Waals surface area contributed by atoms with Gasteiger partial charge in [0.1, 0.15) is 12.4 Å². The summed E-state index contributed by atoms with van der Waals surface area (Å²) in [6.07, 6.45) is 2.92. The fraction of sp³-hybridized carbons (Fsp3) is 0.308. The fourth-order valence-electron chi connectivity index (χ4n) is 1.14. The van der Waals surface area contributed by atoms with Crippen molar-refractivity contribution in [1.29, 1.82) is 0 Å². The van der Waals surface area contributed by atoms with E-state index >= 15 is 0 Å². The Kier molecular flexibility index (Phi) is 5.57. The normalized spacial score (nSPS) is 12.4. The monoisotopic (exact) mass is 254 g/mol. The molecule has 1 unspecified atom stereocenters. The molecule has 0 bridgehead atoms. The maximum Gasteiger partial charge on any atom is 0.347 e. The van der Waals surface area contributed by atoms with Crippen LogP contribution in [0.25, 0.3) is 0 Å². The Balaban J connectivity index is 2.48. The van der Waals surface area contributed by atoms with Crippen LogP contribution in [-0.2, 0) is 9.53 Å². The summed E-state index contributed by atoms with van der Waals surface area (Å²) in [5.41, 5.74) is 0. The van der Waals surface area contributed by atoms with E-state index in [0.717, 1.165) is 0 Å². The molecule has 0 fully saturated rings. The molecule has 0 aromatic heterocycles. The van der Waals surface area contributed by atoms with Crippen LogP contribution < -0.4 is 4.74 Å². The maximum absolute atomic E-state index is 11.5. The quantitative estimate of drug-likeness (QED) is 0.598. The molecule has 1 rings (SSSR count). The van der Waals surface area contributed by atoms with Crippen molar-refractivity contribution in [1.82, 2.24) is 0 Å². The predicted molar refractivity (Wildman–Crippen MR) is 67.3 cm³/mol. The Morgan fingerprint density at radius 3 is 2.94 bits per heavy atom. The first-order valence-electron chi connectivity index (χ1n) is 5.33. The molecule has 4 heteroatoms. The summed E-state index contributed by atoms with van der Waals surface area (Å²) in [5, 5.41) is 0.567. The number of allylic oxidation sites excluding steroid dienone is 1. The third-order valence-electron chi connectivity index (χ3n) is 2.00. The van der Waals surface area contributed by atoms with Crippen LogP contribution in [-0.4, -0.2) is 18.7 Å². The van der Waals surface area contributed by atoms with E-state index in [4.69, 9.17) is 21.1 Å². The van der Waals surface area contributed by atoms with Crippen molar-refractivity contribution in [2.75, 3.05) is 6.61 Å². The van der Waals surface area contributed by atoms with Crippen molar-refractivity contribution < 1.29 is 14.3 Å². The van der Waals surface area contributed by atoms with Crippen LogP contribution in [0, 0.1) is 0 Å². The second-order valence-corrected chi connectivity index (χ2v) is 3.85. The summed E-state index contributed by atoms with van der Waals surface area (Å²) in [6, 6.07) is 6.89. The minimum absolute atomic E-state index is 0.262. The second kappa shape index (κ2) is 6.97. The Morgan fingerprint density at radius 2 is 2.29 bits per heavy atom. The first-order chi connectivity index (χ1) is 8.13. The summed E-state index contributed by atoms with van der Waals surface area (Å²) in [4.78, 5) is 11.5. The van der Waals surface area contributed by atoms with Crippen molar-refractivity contribution in [3.8, 4) is 5.75 Å². The molecule has 3 nitrogen and oxygen atoms in total. The van der Waals surface area contributed by atoms with Gasteiger partial charge in [-0.15, -0.1) is 0 Å². The fourth-order valence-corrected chi connectivity index (χ4v) is 1.32. The Bertz CT molecular complexity index is 401. The maximum atomic E-state index is 11.5. The number of halogens is 1. The number of hydrogen-bond donors (Lipinski definition) is 0. The second-order valence-electron chi connectivity index (χ2n) is 3.42. The molecule has 1 aromatic rings. The lowest BCUT2D eigenvalue weighted by atomic mass is 10.3. The lowest BCUT2D eigenvalue weighted by Gasteiger charge is -2.13. The number of ether oxygens (including phenoxy) is 2. The molecule has 0 N–H and O–H groups in total. The van der Waals surface area contributed by atoms with Crippen LogP contribution in [0.3, 0.4) is 0 Å². The summed E-state index contributed by atoms with van der Waals surface area (Å²) >= 11 is 5.80. The molecule has 0 spiro atoms. The first-order valence-corrected chi connectivity index (χ1v) is 5.71. The zero-order chi connectivity index (χ0) is 12.7. The van der Waals surface area contributed by atoms with Gasteiger partial charge in [0, 0.05) is 5.02 Å². The van der Waals surface area contributed by atoms with Gasteiger partial charge in [0.15, 0.2) is 6.10 Å². The molecule has 0 amide bonds. The summed E-state index contributed by atoms with van der Waals surface area (Å²) in [6.45, 7) is 3.76. The zero-order valence-corrected chi connectivity index (χ0v) is 10.6. The minimum atomic E-state index is -0.654. The molecule has 1 aromatic carbocycles. The largest absolute Gasteiger partial charge is 0.479 e. The molecular formula is C13H15ClO3. The molecule has 0 saturated carbocycles. The van der Waals surface area contributed by atoms with Gasteiger partial charge < -0.3 is 9.47 Å². The smallest absolute Gasteiger partial charge is 0.347 e. The van der Waals surface area contributed by atoms with Crippen molar-refractivity contribution in [3.05, 3.63) is 41.4 Å². The van der Waals surface area contributed by atoms with Crippen molar-refractivity contribution >= 4 is 17.6 Å². The van der Waals surface area contributed by atoms with Crippen LogP contribution in [0.15, 0.2) is 36.4 Å². The van der Waals surface area contributed by atoms with Crippen molar-refractivity contribution in [2.45, 2.75) is 20.0 Å². The highest BCUT2D eigenvalue weighted by molar-refractivity contribution is 6.30. The molecule has 0 saturated heterocycles. The van der Waals surface area contributed by atoms with Gasteiger partial charge in [-0.3, -0.25) is 0 Å². The van der Waals surface area contributed by atoms with E-state index in [1.54, 1.807) is 37.3 Å². The highest BCUT2D eigenvalue weighted by Gasteiger charge is 2.15. The highest BCUT2D eigenvalue weighted by Crippen LogP contribution is 2.18. The van der Waals surface area contributed by atoms with Gasteiger partial charge in [0.25, 0.3) is 0 Å². The van der Waals surface area contributed by atoms with Crippen LogP contribution >= 0.6 is 11.6 Å². The van der Waals surface area contributed by atoms with Crippen LogP contribution in [0.1, 0.15) is 13.8 Å². The number of benzene rings is 1. The average molecular weight is 255 g/mol. The first kappa shape index (κ1) is 13.6. The van der Waals surface area contributed by atoms with Gasteiger partial charge in [-0.25, -0.2) is 4.79 Å². The van der Waals surface area contributed by atoms with E-state index < -0.39 is 12.1 Å². The van der Waals surface area contributed by atoms with E-state index in [1.165, 1.54) is 0 Å². The number of hydrogen-bond acceptors (Lipinski definition) is 3. The lowest BCUT2D eigenvalue weighted by molar-refractivity contribution is -0.149. The van der Waals surface area contributed by atoms with Crippen LogP contribution in [0.4, 0.5) is 0 Å². The molecular weight excluding hydrogens is 240 g/mol. The van der Waals surface area contributed by atoms with E-state index in [-0.39, 0.29) is 6.61 Å². The van der Waals surface area contributed by atoms with Crippen molar-refractivity contribution in [2.24, 2.45) is 0 Å². The van der Waals surface area contributed by atoms with Gasteiger partial charge in [-0.1, -0.05) is 29.8 Å². The van der Waals surface area contributed by atoms with Crippen molar-refractivity contribution in [3.63, 3.8) is 0 Å². The number of carbonyl (C=O) groups is 1. The molecule has 0 aliphatic heterocycles. The molecule has 0 aliphatic carbocycles. The lowest BCUT2D eigenvalue weighted by Crippen LogP contribution is -2.26. The van der Waals surface area contributed by atoms with E-state index in [1.807, 2.05) is 13.0 Å². The Morgan fingerprint density at radius 1 is 1.53 bits per heavy atom. The Hall–Kier alpha value is -1.48. The third-order valence-corrected chi connectivity index (χ3v) is 2.23. The summed E-state index contributed by atoms with van der Waals surface area (Å²) in [5.74, 6) is 0.149. The summed E-state index contributed by atoms with van der Waals surface area (Å²) in [7, 11) is 0. The zero-order valence-electron chi connectivity index (χ0n) is 9.85. The van der Waals surface area contributed by atoms with Gasteiger partial charge >= 0.3 is 5.97 Å². The molecule has 0 heterocycles. The molecule has 1 atom stereocenters. The van der Waals surface area contributed by atoms with Gasteiger partial charge in [0.2, 0.25) is 0 Å². The third kappa shape index (κ3) is 4.91. The predicted octanol–water partition coefficient (Wildman–Crippen LogP) is 3.23. The van der Waals surface area contributed by atoms with Gasteiger partial charge in [0.05, 0.1) is 0 Å². The number of carbonyl (C=O) groups excluding carboxylic acids is 1.